The summed E-state index contributed by atoms with van der Waals surface area (Å²) in [4.78, 5) is 38.8. The molecule has 4 rings (SSSR count). The van der Waals surface area contributed by atoms with Gasteiger partial charge in [-0.1, -0.05) is 0 Å². The number of fused-ring (bicyclic) bond motifs is 1. The smallest absolute Gasteiger partial charge is 0.410 e. The van der Waals surface area contributed by atoms with E-state index in [-0.39, 0.29) is 40.8 Å². The number of piperazine rings is 1. The highest BCUT2D eigenvalue weighted by molar-refractivity contribution is 6.11. The number of nitrogens with one attached hydrogen (secondary N) is 1. The Bertz CT molecular complexity index is 1490. The summed E-state index contributed by atoms with van der Waals surface area (Å²) in [5.74, 6) is -1.04. The number of amides is 2. The molecule has 3 heterocycles. The number of hydrogen-bond acceptors (Lipinski definition) is 8. The third-order valence-electron chi connectivity index (χ3n) is 6.90. The van der Waals surface area contributed by atoms with Crippen molar-refractivity contribution < 1.29 is 23.5 Å². The van der Waals surface area contributed by atoms with Gasteiger partial charge in [0.05, 0.1) is 47.9 Å². The molecule has 2 amide bonds. The minimum absolute atomic E-state index is 0.150. The van der Waals surface area contributed by atoms with E-state index in [9.17, 15) is 14.0 Å². The molecule has 226 valence electrons. The lowest BCUT2D eigenvalue weighted by Gasteiger charge is -2.45. The second kappa shape index (κ2) is 12.4. The molecule has 2 atom stereocenters. The number of rotatable bonds is 7. The Morgan fingerprint density at radius 3 is 2.55 bits per heavy atom. The Hall–Kier alpha value is -4.19. The fourth-order valence-corrected chi connectivity index (χ4v) is 5.17. The number of nitrogen functional groups attached to an aromatic ring is 1. The van der Waals surface area contributed by atoms with Crippen LogP contribution in [0.4, 0.5) is 26.2 Å². The zero-order valence-corrected chi connectivity index (χ0v) is 25.3. The van der Waals surface area contributed by atoms with Crippen molar-refractivity contribution >= 4 is 40.9 Å². The average molecular weight is 582 g/mol. The predicted molar refractivity (Wildman–Crippen MR) is 162 cm³/mol. The first-order valence-corrected chi connectivity index (χ1v) is 13.9. The van der Waals surface area contributed by atoms with Crippen LogP contribution in [0.15, 0.2) is 35.6 Å². The maximum atomic E-state index is 14.6. The van der Waals surface area contributed by atoms with Crippen molar-refractivity contribution in [2.45, 2.75) is 59.2 Å². The van der Waals surface area contributed by atoms with E-state index in [2.05, 4.69) is 20.2 Å². The van der Waals surface area contributed by atoms with Gasteiger partial charge in [-0.2, -0.15) is 0 Å². The summed E-state index contributed by atoms with van der Waals surface area (Å²) < 4.78 is 26.9. The topological polar surface area (TPSA) is 127 Å². The number of aliphatic imine (C=N–C) groups is 1. The third kappa shape index (κ3) is 6.81. The molecule has 0 saturated carbocycles. The fourth-order valence-electron chi connectivity index (χ4n) is 5.17. The highest BCUT2D eigenvalue weighted by atomic mass is 19.1. The van der Waals surface area contributed by atoms with Crippen molar-refractivity contribution in [3.8, 4) is 0 Å². The SMILES string of the molecule is COCCN=Cc1c(N2C[C@@H](C)N(C(=O)OC(C)(C)C)[C@@H](C)C2)ccc(C(=O)Nc2cc(F)c3nc(C)cn3c2)c1N. The van der Waals surface area contributed by atoms with E-state index in [1.165, 1.54) is 10.5 Å². The molecule has 3 aromatic rings. The highest BCUT2D eigenvalue weighted by Gasteiger charge is 2.36. The number of ether oxygens (including phenoxy) is 2. The molecule has 2 aromatic heterocycles. The number of aromatic nitrogens is 2. The van der Waals surface area contributed by atoms with Crippen molar-refractivity contribution in [2.24, 2.45) is 4.99 Å². The van der Waals surface area contributed by atoms with Crippen LogP contribution in [0.25, 0.3) is 5.65 Å². The molecule has 1 aliphatic heterocycles. The Morgan fingerprint density at radius 2 is 1.90 bits per heavy atom. The van der Waals surface area contributed by atoms with Crippen LogP contribution in [-0.4, -0.2) is 83.5 Å². The molecule has 0 radical (unpaired) electrons. The molecule has 0 bridgehead atoms. The Morgan fingerprint density at radius 1 is 1.21 bits per heavy atom. The maximum absolute atomic E-state index is 14.6. The number of nitrogens with zero attached hydrogens (tertiary/aromatic N) is 5. The molecule has 12 heteroatoms. The molecular formula is C30H40FN7O4. The van der Waals surface area contributed by atoms with Crippen molar-refractivity contribution in [3.63, 3.8) is 0 Å². The fraction of sp³-hybridized carbons (Fsp3) is 0.467. The minimum atomic E-state index is -0.598. The summed E-state index contributed by atoms with van der Waals surface area (Å²) >= 11 is 0. The van der Waals surface area contributed by atoms with Gasteiger partial charge in [0.2, 0.25) is 0 Å². The zero-order chi connectivity index (χ0) is 30.8. The molecule has 11 nitrogen and oxygen atoms in total. The quantitative estimate of drug-likeness (QED) is 0.239. The maximum Gasteiger partial charge on any atom is 0.410 e. The number of methoxy groups -OCH3 is 1. The van der Waals surface area contributed by atoms with Gasteiger partial charge in [0, 0.05) is 56.1 Å². The predicted octanol–water partition coefficient (Wildman–Crippen LogP) is 4.52. The molecule has 0 aliphatic carbocycles. The lowest BCUT2D eigenvalue weighted by molar-refractivity contribution is 0.00565. The summed E-state index contributed by atoms with van der Waals surface area (Å²) in [5.41, 5.74) is 8.95. The Labute approximate surface area is 245 Å². The number of aryl methyl sites for hydroxylation is 1. The standard InChI is InChI=1S/C30H40FN7O4/c1-18-14-37-17-21(12-24(31)27(37)34-18)35-28(39)22-8-9-25(23(26(22)32)13-33-10-11-41-7)36-15-19(2)38(20(3)16-36)29(40)42-30(4,5)6/h8-9,12-14,17,19-20H,10-11,15-16,32H2,1-7H3,(H,35,39)/t19-,20+. The van der Waals surface area contributed by atoms with E-state index >= 15 is 0 Å². The summed E-state index contributed by atoms with van der Waals surface area (Å²) in [6, 6.07) is 4.40. The van der Waals surface area contributed by atoms with Crippen LogP contribution in [-0.2, 0) is 9.47 Å². The van der Waals surface area contributed by atoms with Crippen LogP contribution in [0.3, 0.4) is 0 Å². The lowest BCUT2D eigenvalue weighted by Crippen LogP contribution is -2.59. The van der Waals surface area contributed by atoms with Crippen LogP contribution < -0.4 is 16.0 Å². The Kier molecular flexibility index (Phi) is 9.05. The van der Waals surface area contributed by atoms with Gasteiger partial charge in [0.15, 0.2) is 11.5 Å². The second-order valence-electron chi connectivity index (χ2n) is 11.6. The van der Waals surface area contributed by atoms with Crippen molar-refractivity contribution in [3.05, 3.63) is 53.2 Å². The molecule has 1 aliphatic rings. The van der Waals surface area contributed by atoms with Gasteiger partial charge in [0.1, 0.15) is 5.60 Å². The van der Waals surface area contributed by atoms with Gasteiger partial charge in [0.25, 0.3) is 5.91 Å². The molecular weight excluding hydrogens is 541 g/mol. The van der Waals surface area contributed by atoms with Crippen molar-refractivity contribution in [1.82, 2.24) is 14.3 Å². The third-order valence-corrected chi connectivity index (χ3v) is 6.90. The first-order valence-electron chi connectivity index (χ1n) is 13.9. The Balaban J connectivity index is 1.63. The van der Waals surface area contributed by atoms with Crippen LogP contribution in [0, 0.1) is 12.7 Å². The van der Waals surface area contributed by atoms with Crippen LogP contribution >= 0.6 is 0 Å². The summed E-state index contributed by atoms with van der Waals surface area (Å²) in [6.07, 6.45) is 4.57. The van der Waals surface area contributed by atoms with E-state index in [0.717, 1.165) is 5.69 Å². The zero-order valence-electron chi connectivity index (χ0n) is 25.3. The van der Waals surface area contributed by atoms with E-state index in [4.69, 9.17) is 15.2 Å². The molecule has 3 N–H and O–H groups in total. The first-order chi connectivity index (χ1) is 19.8. The minimum Gasteiger partial charge on any atom is -0.444 e. The first kappa shape index (κ1) is 30.8. The van der Waals surface area contributed by atoms with Crippen LogP contribution in [0.5, 0.6) is 0 Å². The van der Waals surface area contributed by atoms with Gasteiger partial charge in [-0.05, 0) is 53.7 Å². The van der Waals surface area contributed by atoms with Gasteiger partial charge in [-0.3, -0.25) is 14.7 Å². The summed E-state index contributed by atoms with van der Waals surface area (Å²) in [5, 5.41) is 2.75. The average Bonchev–Trinajstić information content (AvgIpc) is 3.26. The normalized spacial score (nSPS) is 17.7. The monoisotopic (exact) mass is 581 g/mol. The number of anilines is 3. The van der Waals surface area contributed by atoms with Gasteiger partial charge in [-0.15, -0.1) is 0 Å². The number of benzene rings is 1. The molecule has 1 saturated heterocycles. The number of carbonyl (C=O) groups excluding carboxylic acids is 2. The van der Waals surface area contributed by atoms with Crippen LogP contribution in [0.2, 0.25) is 0 Å². The lowest BCUT2D eigenvalue weighted by atomic mass is 10.0. The van der Waals surface area contributed by atoms with E-state index in [1.807, 2.05) is 40.7 Å². The number of hydrogen-bond donors (Lipinski definition) is 2. The summed E-state index contributed by atoms with van der Waals surface area (Å²) in [7, 11) is 1.60. The number of imidazole rings is 1. The second-order valence-corrected chi connectivity index (χ2v) is 11.6. The highest BCUT2D eigenvalue weighted by Crippen LogP contribution is 2.32. The molecule has 42 heavy (non-hydrogen) atoms. The van der Waals surface area contributed by atoms with Crippen molar-refractivity contribution in [1.29, 1.82) is 0 Å². The molecule has 1 aromatic carbocycles. The summed E-state index contributed by atoms with van der Waals surface area (Å²) in [6.45, 7) is 13.1. The largest absolute Gasteiger partial charge is 0.444 e. The molecule has 0 unspecified atom stereocenters. The molecule has 0 spiro atoms. The number of carbonyl (C=O) groups is 2. The number of pyridine rings is 1. The van der Waals surface area contributed by atoms with Gasteiger partial charge < -0.3 is 29.8 Å². The van der Waals surface area contributed by atoms with Crippen LogP contribution in [0.1, 0.15) is 56.2 Å². The van der Waals surface area contributed by atoms with Crippen molar-refractivity contribution in [2.75, 3.05) is 49.3 Å². The molecule has 1 fully saturated rings. The van der Waals surface area contributed by atoms with Gasteiger partial charge >= 0.3 is 6.09 Å². The van der Waals surface area contributed by atoms with E-state index in [1.54, 1.807) is 43.6 Å². The van der Waals surface area contributed by atoms with Gasteiger partial charge in [-0.25, -0.2) is 14.2 Å². The van der Waals surface area contributed by atoms with E-state index in [0.29, 0.717) is 37.5 Å². The number of halogens is 1. The number of nitrogens with two attached hydrogens (primary N) is 1. The van der Waals surface area contributed by atoms with E-state index < -0.39 is 17.3 Å².